The lowest BCUT2D eigenvalue weighted by molar-refractivity contribution is -0.143. The summed E-state index contributed by atoms with van der Waals surface area (Å²) >= 11 is 0. The Morgan fingerprint density at radius 1 is 1.36 bits per heavy atom. The van der Waals surface area contributed by atoms with Gasteiger partial charge < -0.3 is 10.4 Å². The van der Waals surface area contributed by atoms with E-state index >= 15 is 0 Å². The van der Waals surface area contributed by atoms with Crippen molar-refractivity contribution in [3.63, 3.8) is 0 Å². The number of carboxylic acid groups (broad SMARTS) is 1. The Kier molecular flexibility index (Phi) is 5.52. The smallest absolute Gasteiger partial charge is 0.306 e. The van der Waals surface area contributed by atoms with Gasteiger partial charge in [-0.05, 0) is 6.92 Å². The molecule has 0 saturated carbocycles. The molecule has 1 amide bonds. The van der Waals surface area contributed by atoms with Crippen molar-refractivity contribution in [3.05, 3.63) is 0 Å². The SMILES string of the molecule is CC(=O)CCNC(=O)CC(C)C(=O)O. The van der Waals surface area contributed by atoms with Gasteiger partial charge in [0.1, 0.15) is 5.78 Å². The summed E-state index contributed by atoms with van der Waals surface area (Å²) in [7, 11) is 0. The fourth-order valence-corrected chi connectivity index (χ4v) is 0.816. The van der Waals surface area contributed by atoms with Crippen molar-refractivity contribution in [1.29, 1.82) is 0 Å². The maximum Gasteiger partial charge on any atom is 0.306 e. The van der Waals surface area contributed by atoms with Crippen LogP contribution < -0.4 is 5.32 Å². The molecule has 14 heavy (non-hydrogen) atoms. The van der Waals surface area contributed by atoms with E-state index in [9.17, 15) is 14.4 Å². The van der Waals surface area contributed by atoms with E-state index in [2.05, 4.69) is 5.32 Å². The minimum absolute atomic E-state index is 0.00316. The van der Waals surface area contributed by atoms with Crippen LogP contribution in [0.4, 0.5) is 0 Å². The van der Waals surface area contributed by atoms with Crippen molar-refractivity contribution in [2.24, 2.45) is 5.92 Å². The molecule has 0 fully saturated rings. The molecule has 0 spiro atoms. The lowest BCUT2D eigenvalue weighted by Crippen LogP contribution is -2.28. The molecule has 0 aliphatic rings. The first-order valence-electron chi connectivity index (χ1n) is 4.42. The van der Waals surface area contributed by atoms with Crippen molar-refractivity contribution in [1.82, 2.24) is 5.32 Å². The second-order valence-electron chi connectivity index (χ2n) is 3.25. The molecule has 0 aromatic rings. The summed E-state index contributed by atoms with van der Waals surface area (Å²) < 4.78 is 0. The number of carbonyl (C=O) groups is 3. The van der Waals surface area contributed by atoms with E-state index in [0.717, 1.165) is 0 Å². The van der Waals surface area contributed by atoms with E-state index in [1.807, 2.05) is 0 Å². The number of ketones is 1. The number of hydrogen-bond acceptors (Lipinski definition) is 3. The molecule has 5 heteroatoms. The van der Waals surface area contributed by atoms with Crippen LogP contribution in [0.15, 0.2) is 0 Å². The molecule has 1 unspecified atom stereocenters. The highest BCUT2D eigenvalue weighted by Gasteiger charge is 2.15. The third-order valence-electron chi connectivity index (χ3n) is 1.71. The zero-order valence-corrected chi connectivity index (χ0v) is 8.37. The van der Waals surface area contributed by atoms with E-state index in [1.165, 1.54) is 13.8 Å². The Balaban J connectivity index is 3.65. The molecule has 0 radical (unpaired) electrons. The molecule has 80 valence electrons. The highest BCUT2D eigenvalue weighted by Crippen LogP contribution is 2.00. The summed E-state index contributed by atoms with van der Waals surface area (Å²) in [5.41, 5.74) is 0. The third kappa shape index (κ3) is 6.16. The number of nitrogens with one attached hydrogen (secondary N) is 1. The summed E-state index contributed by atoms with van der Waals surface area (Å²) in [5.74, 6) is -2.02. The zero-order valence-electron chi connectivity index (χ0n) is 8.37. The van der Waals surface area contributed by atoms with E-state index in [0.29, 0.717) is 0 Å². The Labute approximate surface area is 82.5 Å². The molecule has 5 nitrogen and oxygen atoms in total. The Morgan fingerprint density at radius 3 is 2.36 bits per heavy atom. The van der Waals surface area contributed by atoms with Gasteiger partial charge in [0.05, 0.1) is 5.92 Å². The third-order valence-corrected chi connectivity index (χ3v) is 1.71. The maximum atomic E-state index is 11.1. The van der Waals surface area contributed by atoms with Crippen LogP contribution in [0.2, 0.25) is 0 Å². The Bertz CT molecular complexity index is 237. The van der Waals surface area contributed by atoms with Crippen LogP contribution in [-0.4, -0.2) is 29.3 Å². The Hall–Kier alpha value is -1.39. The largest absolute Gasteiger partial charge is 0.481 e. The van der Waals surface area contributed by atoms with Gasteiger partial charge in [0.2, 0.25) is 5.91 Å². The summed E-state index contributed by atoms with van der Waals surface area (Å²) in [6, 6.07) is 0. The lowest BCUT2D eigenvalue weighted by Gasteiger charge is -2.06. The number of amides is 1. The van der Waals surface area contributed by atoms with Crippen LogP contribution in [0.5, 0.6) is 0 Å². The van der Waals surface area contributed by atoms with E-state index in [4.69, 9.17) is 5.11 Å². The fourth-order valence-electron chi connectivity index (χ4n) is 0.816. The van der Waals surface area contributed by atoms with Crippen molar-refractivity contribution in [2.75, 3.05) is 6.54 Å². The predicted molar refractivity (Wildman–Crippen MR) is 49.7 cm³/mol. The van der Waals surface area contributed by atoms with Gasteiger partial charge in [-0.25, -0.2) is 0 Å². The van der Waals surface area contributed by atoms with Crippen molar-refractivity contribution in [3.8, 4) is 0 Å². The second kappa shape index (κ2) is 6.12. The molecule has 0 rings (SSSR count). The molecular weight excluding hydrogens is 186 g/mol. The second-order valence-corrected chi connectivity index (χ2v) is 3.25. The van der Waals surface area contributed by atoms with Crippen LogP contribution in [0.25, 0.3) is 0 Å². The van der Waals surface area contributed by atoms with E-state index in [-0.39, 0.29) is 31.1 Å². The normalized spacial score (nSPS) is 11.9. The van der Waals surface area contributed by atoms with Crippen LogP contribution in [0.1, 0.15) is 26.7 Å². The quantitative estimate of drug-likeness (QED) is 0.642. The topological polar surface area (TPSA) is 83.5 Å². The molecule has 0 aromatic heterocycles. The van der Waals surface area contributed by atoms with Crippen molar-refractivity contribution in [2.45, 2.75) is 26.7 Å². The molecule has 0 aliphatic heterocycles. The van der Waals surface area contributed by atoms with Crippen LogP contribution >= 0.6 is 0 Å². The van der Waals surface area contributed by atoms with Gasteiger partial charge in [-0.2, -0.15) is 0 Å². The number of carboxylic acids is 1. The molecule has 2 N–H and O–H groups in total. The zero-order chi connectivity index (χ0) is 11.1. The summed E-state index contributed by atoms with van der Waals surface area (Å²) in [6.07, 6.45) is 0.237. The number of Topliss-reactive ketones (excluding diaryl/α,β-unsaturated/α-hetero) is 1. The fraction of sp³-hybridized carbons (Fsp3) is 0.667. The van der Waals surface area contributed by atoms with Crippen LogP contribution in [-0.2, 0) is 14.4 Å². The average Bonchev–Trinajstić information content (AvgIpc) is 2.02. The van der Waals surface area contributed by atoms with Gasteiger partial charge in [0, 0.05) is 19.4 Å². The van der Waals surface area contributed by atoms with Gasteiger partial charge in [0.25, 0.3) is 0 Å². The number of hydrogen-bond donors (Lipinski definition) is 2. The van der Waals surface area contributed by atoms with Crippen LogP contribution in [0.3, 0.4) is 0 Å². The van der Waals surface area contributed by atoms with Gasteiger partial charge in [0.15, 0.2) is 0 Å². The first-order valence-corrected chi connectivity index (χ1v) is 4.42. The molecule has 0 bridgehead atoms. The van der Waals surface area contributed by atoms with Gasteiger partial charge in [-0.3, -0.25) is 14.4 Å². The number of rotatable bonds is 6. The van der Waals surface area contributed by atoms with Crippen molar-refractivity contribution >= 4 is 17.7 Å². The van der Waals surface area contributed by atoms with Crippen LogP contribution in [0, 0.1) is 5.92 Å². The first kappa shape index (κ1) is 12.6. The first-order chi connectivity index (χ1) is 6.43. The standard InChI is InChI=1S/C9H15NO4/c1-6(9(13)14)5-8(12)10-4-3-7(2)11/h6H,3-5H2,1-2H3,(H,10,12)(H,13,14). The summed E-state index contributed by atoms with van der Waals surface area (Å²) in [6.45, 7) is 3.18. The Morgan fingerprint density at radius 2 is 1.93 bits per heavy atom. The molecule has 0 saturated heterocycles. The molecular formula is C9H15NO4. The predicted octanol–water partition coefficient (Wildman–Crippen LogP) is 0.192. The molecule has 0 heterocycles. The van der Waals surface area contributed by atoms with Gasteiger partial charge in [-0.15, -0.1) is 0 Å². The van der Waals surface area contributed by atoms with E-state index < -0.39 is 11.9 Å². The molecule has 1 atom stereocenters. The average molecular weight is 201 g/mol. The minimum atomic E-state index is -0.994. The maximum absolute atomic E-state index is 11.1. The van der Waals surface area contributed by atoms with Gasteiger partial charge in [-0.1, -0.05) is 6.92 Å². The molecule has 0 aliphatic carbocycles. The highest BCUT2D eigenvalue weighted by molar-refractivity contribution is 5.82. The van der Waals surface area contributed by atoms with Gasteiger partial charge >= 0.3 is 5.97 Å². The van der Waals surface area contributed by atoms with Crippen molar-refractivity contribution < 1.29 is 19.5 Å². The number of aliphatic carboxylic acids is 1. The summed E-state index contributed by atoms with van der Waals surface area (Å²) in [4.78, 5) is 31.9. The highest BCUT2D eigenvalue weighted by atomic mass is 16.4. The van der Waals surface area contributed by atoms with E-state index in [1.54, 1.807) is 0 Å². The minimum Gasteiger partial charge on any atom is -0.481 e. The monoisotopic (exact) mass is 201 g/mol. The lowest BCUT2D eigenvalue weighted by atomic mass is 10.1. The summed E-state index contributed by atoms with van der Waals surface area (Å²) in [5, 5.41) is 11.0. The number of carbonyl (C=O) groups excluding carboxylic acids is 2. The molecule has 0 aromatic carbocycles.